The molecular formula is C18H18ClNO3S2. The normalized spacial score (nSPS) is 10.3. The quantitative estimate of drug-likeness (QED) is 0.396. The van der Waals surface area contributed by atoms with Crippen LogP contribution in [0.25, 0.3) is 0 Å². The summed E-state index contributed by atoms with van der Waals surface area (Å²) in [6.07, 6.45) is 0. The second-order valence-electron chi connectivity index (χ2n) is 4.91. The van der Waals surface area contributed by atoms with Crippen LogP contribution in [0.5, 0.6) is 0 Å². The zero-order chi connectivity index (χ0) is 17.9. The van der Waals surface area contributed by atoms with E-state index in [0.717, 1.165) is 15.5 Å². The predicted octanol–water partition coefficient (Wildman–Crippen LogP) is 3.88. The zero-order valence-electron chi connectivity index (χ0n) is 13.4. The van der Waals surface area contributed by atoms with Gasteiger partial charge in [-0.1, -0.05) is 29.8 Å². The van der Waals surface area contributed by atoms with Gasteiger partial charge in [0.25, 0.3) is 5.91 Å². The SMILES string of the molecule is O=C(COC(=O)CSc1ccccc1)NCCSc1ccc(Cl)cc1. The molecule has 0 aliphatic rings. The van der Waals surface area contributed by atoms with Gasteiger partial charge >= 0.3 is 5.97 Å². The van der Waals surface area contributed by atoms with Gasteiger partial charge in [0.1, 0.15) is 0 Å². The molecule has 0 aromatic heterocycles. The fourth-order valence-corrected chi connectivity index (χ4v) is 3.40. The molecule has 0 saturated carbocycles. The Morgan fingerprint density at radius 1 is 0.960 bits per heavy atom. The third-order valence-corrected chi connectivity index (χ3v) is 5.22. The van der Waals surface area contributed by atoms with Crippen molar-refractivity contribution in [2.45, 2.75) is 9.79 Å². The van der Waals surface area contributed by atoms with E-state index >= 15 is 0 Å². The number of thioether (sulfide) groups is 2. The van der Waals surface area contributed by atoms with E-state index in [1.54, 1.807) is 11.8 Å². The van der Waals surface area contributed by atoms with Crippen LogP contribution in [0.4, 0.5) is 0 Å². The van der Waals surface area contributed by atoms with Gasteiger partial charge in [-0.3, -0.25) is 9.59 Å². The molecular weight excluding hydrogens is 378 g/mol. The molecule has 2 aromatic rings. The summed E-state index contributed by atoms with van der Waals surface area (Å²) >= 11 is 8.82. The van der Waals surface area contributed by atoms with E-state index in [4.69, 9.17) is 16.3 Å². The zero-order valence-corrected chi connectivity index (χ0v) is 15.8. The summed E-state index contributed by atoms with van der Waals surface area (Å²) < 4.78 is 4.96. The monoisotopic (exact) mass is 395 g/mol. The molecule has 2 rings (SSSR count). The molecule has 7 heteroatoms. The van der Waals surface area contributed by atoms with Crippen molar-refractivity contribution in [3.8, 4) is 0 Å². The van der Waals surface area contributed by atoms with Gasteiger partial charge in [0, 0.05) is 27.1 Å². The number of carbonyl (C=O) groups excluding carboxylic acids is 2. The number of halogens is 1. The van der Waals surface area contributed by atoms with Gasteiger partial charge in [0.05, 0.1) is 5.75 Å². The average Bonchev–Trinajstić information content (AvgIpc) is 2.64. The van der Waals surface area contributed by atoms with Gasteiger partial charge in [-0.15, -0.1) is 23.5 Å². The second-order valence-corrected chi connectivity index (χ2v) is 7.57. The standard InChI is InChI=1S/C18H18ClNO3S2/c19-14-6-8-16(9-7-14)24-11-10-20-17(21)12-23-18(22)13-25-15-4-2-1-3-5-15/h1-9H,10-13H2,(H,20,21). The van der Waals surface area contributed by atoms with Crippen molar-refractivity contribution >= 4 is 47.0 Å². The van der Waals surface area contributed by atoms with Crippen molar-refractivity contribution in [2.24, 2.45) is 0 Å². The first-order valence-electron chi connectivity index (χ1n) is 7.62. The number of carbonyl (C=O) groups is 2. The number of ether oxygens (including phenoxy) is 1. The molecule has 0 fully saturated rings. The van der Waals surface area contributed by atoms with E-state index in [0.29, 0.717) is 11.6 Å². The van der Waals surface area contributed by atoms with Crippen LogP contribution in [0, 0.1) is 0 Å². The number of amides is 1. The molecule has 1 N–H and O–H groups in total. The Bertz CT molecular complexity index is 680. The molecule has 0 heterocycles. The highest BCUT2D eigenvalue weighted by Crippen LogP contribution is 2.19. The van der Waals surface area contributed by atoms with Gasteiger partial charge in [0.2, 0.25) is 0 Å². The lowest BCUT2D eigenvalue weighted by Crippen LogP contribution is -2.30. The molecule has 0 aliphatic heterocycles. The summed E-state index contributed by atoms with van der Waals surface area (Å²) in [5.74, 6) is 0.212. The minimum Gasteiger partial charge on any atom is -0.455 e. The molecule has 0 atom stereocenters. The lowest BCUT2D eigenvalue weighted by Gasteiger charge is -2.07. The van der Waals surface area contributed by atoms with Crippen LogP contribution < -0.4 is 5.32 Å². The molecule has 0 saturated heterocycles. The first kappa shape index (κ1) is 19.7. The minimum atomic E-state index is -0.403. The summed E-state index contributed by atoms with van der Waals surface area (Å²) in [4.78, 5) is 25.4. The molecule has 4 nitrogen and oxygen atoms in total. The fraction of sp³-hybridized carbons (Fsp3) is 0.222. The highest BCUT2D eigenvalue weighted by atomic mass is 35.5. The van der Waals surface area contributed by atoms with E-state index < -0.39 is 5.97 Å². The van der Waals surface area contributed by atoms with E-state index in [9.17, 15) is 9.59 Å². The number of esters is 1. The predicted molar refractivity (Wildman–Crippen MR) is 103 cm³/mol. The number of nitrogens with one attached hydrogen (secondary N) is 1. The van der Waals surface area contributed by atoms with Crippen molar-refractivity contribution in [3.05, 3.63) is 59.6 Å². The van der Waals surface area contributed by atoms with Crippen molar-refractivity contribution in [3.63, 3.8) is 0 Å². The Labute approximate surface area is 160 Å². The number of hydrogen-bond acceptors (Lipinski definition) is 5. The highest BCUT2D eigenvalue weighted by molar-refractivity contribution is 8.00. The van der Waals surface area contributed by atoms with Crippen LogP contribution in [-0.2, 0) is 14.3 Å². The van der Waals surface area contributed by atoms with Crippen molar-refractivity contribution < 1.29 is 14.3 Å². The van der Waals surface area contributed by atoms with E-state index in [-0.39, 0.29) is 18.3 Å². The van der Waals surface area contributed by atoms with Crippen LogP contribution in [-0.4, -0.2) is 36.5 Å². The van der Waals surface area contributed by atoms with Gasteiger partial charge in [-0.2, -0.15) is 0 Å². The van der Waals surface area contributed by atoms with Crippen molar-refractivity contribution in [2.75, 3.05) is 24.7 Å². The smallest absolute Gasteiger partial charge is 0.316 e. The van der Waals surface area contributed by atoms with Gasteiger partial charge in [-0.05, 0) is 36.4 Å². The summed E-state index contributed by atoms with van der Waals surface area (Å²) in [6, 6.07) is 17.1. The first-order chi connectivity index (χ1) is 12.1. The molecule has 132 valence electrons. The number of rotatable bonds is 9. The third kappa shape index (κ3) is 8.34. The summed E-state index contributed by atoms with van der Waals surface area (Å²) in [5.41, 5.74) is 0. The fourth-order valence-electron chi connectivity index (χ4n) is 1.79. The van der Waals surface area contributed by atoms with Crippen molar-refractivity contribution in [1.29, 1.82) is 0 Å². The van der Waals surface area contributed by atoms with Gasteiger partial charge in [0.15, 0.2) is 6.61 Å². The van der Waals surface area contributed by atoms with E-state index in [1.165, 1.54) is 11.8 Å². The second kappa shape index (κ2) is 11.1. The number of hydrogen-bond donors (Lipinski definition) is 1. The van der Waals surface area contributed by atoms with Crippen LogP contribution in [0.15, 0.2) is 64.4 Å². The maximum atomic E-state index is 11.7. The Morgan fingerprint density at radius 3 is 2.36 bits per heavy atom. The molecule has 0 spiro atoms. The highest BCUT2D eigenvalue weighted by Gasteiger charge is 2.08. The molecule has 1 amide bonds. The van der Waals surface area contributed by atoms with Crippen LogP contribution in [0.3, 0.4) is 0 Å². The van der Waals surface area contributed by atoms with E-state index in [1.807, 2.05) is 54.6 Å². The molecule has 2 aromatic carbocycles. The van der Waals surface area contributed by atoms with Crippen LogP contribution in [0.2, 0.25) is 5.02 Å². The Balaban J connectivity index is 1.54. The molecule has 0 aliphatic carbocycles. The largest absolute Gasteiger partial charge is 0.455 e. The summed E-state index contributed by atoms with van der Waals surface area (Å²) in [7, 11) is 0. The molecule has 0 bridgehead atoms. The summed E-state index contributed by atoms with van der Waals surface area (Å²) in [6.45, 7) is 0.252. The third-order valence-electron chi connectivity index (χ3n) is 2.97. The minimum absolute atomic E-state index is 0.184. The topological polar surface area (TPSA) is 55.4 Å². The average molecular weight is 396 g/mol. The lowest BCUT2D eigenvalue weighted by molar-refractivity contribution is -0.145. The Morgan fingerprint density at radius 2 is 1.64 bits per heavy atom. The van der Waals surface area contributed by atoms with Crippen LogP contribution in [0.1, 0.15) is 0 Å². The van der Waals surface area contributed by atoms with Crippen molar-refractivity contribution in [1.82, 2.24) is 5.32 Å². The lowest BCUT2D eigenvalue weighted by atomic mass is 10.4. The molecule has 25 heavy (non-hydrogen) atoms. The first-order valence-corrected chi connectivity index (χ1v) is 9.97. The molecule has 0 radical (unpaired) electrons. The summed E-state index contributed by atoms with van der Waals surface area (Å²) in [5, 5.41) is 3.42. The van der Waals surface area contributed by atoms with E-state index in [2.05, 4.69) is 5.32 Å². The maximum Gasteiger partial charge on any atom is 0.316 e. The van der Waals surface area contributed by atoms with Crippen LogP contribution >= 0.6 is 35.1 Å². The number of benzene rings is 2. The van der Waals surface area contributed by atoms with Gasteiger partial charge < -0.3 is 10.1 Å². The maximum absolute atomic E-state index is 11.7. The molecule has 0 unspecified atom stereocenters. The Hall–Kier alpha value is -1.63. The van der Waals surface area contributed by atoms with Gasteiger partial charge in [-0.25, -0.2) is 0 Å². The Kier molecular flexibility index (Phi) is 8.72.